The Labute approximate surface area is 136 Å². The highest BCUT2D eigenvalue weighted by molar-refractivity contribution is 5.85. The molecule has 1 amide bonds. The van der Waals surface area contributed by atoms with Gasteiger partial charge in [-0.2, -0.15) is 0 Å². The van der Waals surface area contributed by atoms with Crippen molar-refractivity contribution in [2.75, 3.05) is 19.8 Å². The number of hydrogen-bond donors (Lipinski definition) is 1. The van der Waals surface area contributed by atoms with Gasteiger partial charge in [0.2, 0.25) is 5.91 Å². The third-order valence-electron chi connectivity index (χ3n) is 3.49. The Morgan fingerprint density at radius 1 is 1.22 bits per heavy atom. The van der Waals surface area contributed by atoms with Crippen molar-refractivity contribution in [2.45, 2.75) is 33.2 Å². The summed E-state index contributed by atoms with van der Waals surface area (Å²) in [5.41, 5.74) is 0.804. The van der Waals surface area contributed by atoms with Gasteiger partial charge in [0, 0.05) is 0 Å². The van der Waals surface area contributed by atoms with E-state index in [1.165, 1.54) is 0 Å². The van der Waals surface area contributed by atoms with E-state index in [1.54, 1.807) is 19.1 Å². The molecule has 1 atom stereocenters. The SMILES string of the molecule is CCOC(=O)C(NC(=O)Cc1ccc2c(c1)OCCO2)C(C)C. The standard InChI is InChI=1S/C17H23NO5/c1-4-21-17(20)16(11(2)3)18-15(19)10-12-5-6-13-14(9-12)23-8-7-22-13/h5-6,9,11,16H,4,7-8,10H2,1-3H3,(H,18,19). The van der Waals surface area contributed by atoms with Crippen LogP contribution in [0.5, 0.6) is 11.5 Å². The average molecular weight is 321 g/mol. The minimum atomic E-state index is -0.639. The number of ether oxygens (including phenoxy) is 3. The zero-order valence-corrected chi connectivity index (χ0v) is 13.8. The summed E-state index contributed by atoms with van der Waals surface area (Å²) in [6, 6.07) is 4.77. The number of benzene rings is 1. The van der Waals surface area contributed by atoms with E-state index in [-0.39, 0.29) is 18.2 Å². The van der Waals surface area contributed by atoms with Crippen molar-refractivity contribution < 1.29 is 23.8 Å². The molecule has 6 nitrogen and oxygen atoms in total. The van der Waals surface area contributed by atoms with Gasteiger partial charge < -0.3 is 19.5 Å². The number of hydrogen-bond acceptors (Lipinski definition) is 5. The maximum atomic E-state index is 12.2. The van der Waals surface area contributed by atoms with Crippen molar-refractivity contribution in [3.8, 4) is 11.5 Å². The number of esters is 1. The fourth-order valence-electron chi connectivity index (χ4n) is 2.34. The van der Waals surface area contributed by atoms with Crippen LogP contribution in [0.15, 0.2) is 18.2 Å². The van der Waals surface area contributed by atoms with Crippen molar-refractivity contribution in [1.29, 1.82) is 0 Å². The Balaban J connectivity index is 1.99. The predicted molar refractivity (Wildman–Crippen MR) is 84.5 cm³/mol. The summed E-state index contributed by atoms with van der Waals surface area (Å²) in [6.07, 6.45) is 0.166. The third-order valence-corrected chi connectivity index (χ3v) is 3.49. The second-order valence-electron chi connectivity index (χ2n) is 5.70. The quantitative estimate of drug-likeness (QED) is 0.807. The fourth-order valence-corrected chi connectivity index (χ4v) is 2.34. The van der Waals surface area contributed by atoms with Gasteiger partial charge in [-0.25, -0.2) is 4.79 Å². The molecule has 1 aromatic rings. The monoisotopic (exact) mass is 321 g/mol. The summed E-state index contributed by atoms with van der Waals surface area (Å²) in [5.74, 6) is 0.657. The van der Waals surface area contributed by atoms with Crippen LogP contribution in [-0.2, 0) is 20.7 Å². The normalized spacial score (nSPS) is 14.3. The maximum Gasteiger partial charge on any atom is 0.328 e. The lowest BCUT2D eigenvalue weighted by molar-refractivity contribution is -0.148. The van der Waals surface area contributed by atoms with Crippen LogP contribution in [0.3, 0.4) is 0 Å². The second kappa shape index (κ2) is 7.85. The van der Waals surface area contributed by atoms with E-state index in [1.807, 2.05) is 19.9 Å². The topological polar surface area (TPSA) is 73.9 Å². The number of rotatable bonds is 6. The molecule has 1 N–H and O–H groups in total. The molecule has 2 rings (SSSR count). The zero-order chi connectivity index (χ0) is 16.8. The molecule has 0 aliphatic carbocycles. The van der Waals surface area contributed by atoms with Crippen molar-refractivity contribution in [3.63, 3.8) is 0 Å². The number of amides is 1. The molecule has 23 heavy (non-hydrogen) atoms. The molecule has 0 radical (unpaired) electrons. The van der Waals surface area contributed by atoms with Crippen LogP contribution < -0.4 is 14.8 Å². The number of nitrogens with one attached hydrogen (secondary N) is 1. The number of carbonyl (C=O) groups excluding carboxylic acids is 2. The molecular formula is C17H23NO5. The zero-order valence-electron chi connectivity index (χ0n) is 13.8. The lowest BCUT2D eigenvalue weighted by atomic mass is 10.0. The molecule has 126 valence electrons. The summed E-state index contributed by atoms with van der Waals surface area (Å²) in [4.78, 5) is 24.1. The predicted octanol–water partition coefficient (Wildman–Crippen LogP) is 1.70. The Kier molecular flexibility index (Phi) is 5.84. The highest BCUT2D eigenvalue weighted by atomic mass is 16.6. The molecule has 0 bridgehead atoms. The van der Waals surface area contributed by atoms with Crippen molar-refractivity contribution in [1.82, 2.24) is 5.32 Å². The molecule has 0 saturated heterocycles. The first kappa shape index (κ1) is 17.1. The van der Waals surface area contributed by atoms with Gasteiger partial charge in [0.1, 0.15) is 19.3 Å². The van der Waals surface area contributed by atoms with E-state index >= 15 is 0 Å². The summed E-state index contributed by atoms with van der Waals surface area (Å²) < 4.78 is 16.0. The molecule has 1 aliphatic heterocycles. The first-order valence-electron chi connectivity index (χ1n) is 7.85. The molecule has 0 fully saturated rings. The van der Waals surface area contributed by atoms with Crippen molar-refractivity contribution >= 4 is 11.9 Å². The largest absolute Gasteiger partial charge is 0.486 e. The van der Waals surface area contributed by atoms with Crippen LogP contribution >= 0.6 is 0 Å². The van der Waals surface area contributed by atoms with E-state index in [0.29, 0.717) is 31.3 Å². The van der Waals surface area contributed by atoms with Crippen molar-refractivity contribution in [3.05, 3.63) is 23.8 Å². The van der Waals surface area contributed by atoms with Gasteiger partial charge in [-0.05, 0) is 30.5 Å². The van der Waals surface area contributed by atoms with E-state index in [9.17, 15) is 9.59 Å². The molecule has 0 saturated carbocycles. The first-order valence-corrected chi connectivity index (χ1v) is 7.85. The Bertz CT molecular complexity index is 570. The Hall–Kier alpha value is -2.24. The van der Waals surface area contributed by atoms with Gasteiger partial charge in [-0.3, -0.25) is 4.79 Å². The molecule has 1 heterocycles. The van der Waals surface area contributed by atoms with Crippen LogP contribution in [0, 0.1) is 5.92 Å². The van der Waals surface area contributed by atoms with Crippen LogP contribution in [0.1, 0.15) is 26.3 Å². The molecular weight excluding hydrogens is 298 g/mol. The van der Waals surface area contributed by atoms with Crippen molar-refractivity contribution in [2.24, 2.45) is 5.92 Å². The van der Waals surface area contributed by atoms with E-state index in [2.05, 4.69) is 5.32 Å². The second-order valence-corrected chi connectivity index (χ2v) is 5.70. The lowest BCUT2D eigenvalue weighted by Crippen LogP contribution is -2.45. The Morgan fingerprint density at radius 2 is 1.91 bits per heavy atom. The molecule has 1 aliphatic rings. The highest BCUT2D eigenvalue weighted by Crippen LogP contribution is 2.30. The average Bonchev–Trinajstić information content (AvgIpc) is 2.52. The minimum Gasteiger partial charge on any atom is -0.486 e. The van der Waals surface area contributed by atoms with Crippen LogP contribution in [-0.4, -0.2) is 37.7 Å². The summed E-state index contributed by atoms with van der Waals surface area (Å²) in [7, 11) is 0. The van der Waals surface area contributed by atoms with E-state index in [4.69, 9.17) is 14.2 Å². The number of fused-ring (bicyclic) bond motifs is 1. The first-order chi connectivity index (χ1) is 11.0. The molecule has 1 unspecified atom stereocenters. The molecule has 0 spiro atoms. The number of carbonyl (C=O) groups is 2. The van der Waals surface area contributed by atoms with Gasteiger partial charge in [-0.15, -0.1) is 0 Å². The summed E-state index contributed by atoms with van der Waals surface area (Å²) in [6.45, 7) is 6.80. The highest BCUT2D eigenvalue weighted by Gasteiger charge is 2.25. The van der Waals surface area contributed by atoms with Crippen LogP contribution in [0.2, 0.25) is 0 Å². The van der Waals surface area contributed by atoms with E-state index in [0.717, 1.165) is 5.56 Å². The summed E-state index contributed by atoms with van der Waals surface area (Å²) in [5, 5.41) is 2.74. The van der Waals surface area contributed by atoms with Gasteiger partial charge in [0.25, 0.3) is 0 Å². The lowest BCUT2D eigenvalue weighted by Gasteiger charge is -2.21. The van der Waals surface area contributed by atoms with Gasteiger partial charge in [-0.1, -0.05) is 19.9 Å². The smallest absolute Gasteiger partial charge is 0.328 e. The Morgan fingerprint density at radius 3 is 2.57 bits per heavy atom. The van der Waals surface area contributed by atoms with Crippen LogP contribution in [0.4, 0.5) is 0 Å². The van der Waals surface area contributed by atoms with Crippen LogP contribution in [0.25, 0.3) is 0 Å². The molecule has 1 aromatic carbocycles. The fraction of sp³-hybridized carbons (Fsp3) is 0.529. The van der Waals surface area contributed by atoms with Gasteiger partial charge in [0.05, 0.1) is 13.0 Å². The molecule has 0 aromatic heterocycles. The van der Waals surface area contributed by atoms with Gasteiger partial charge in [0.15, 0.2) is 11.5 Å². The summed E-state index contributed by atoms with van der Waals surface area (Å²) >= 11 is 0. The van der Waals surface area contributed by atoms with E-state index < -0.39 is 12.0 Å². The maximum absolute atomic E-state index is 12.2. The third kappa shape index (κ3) is 4.61. The minimum absolute atomic E-state index is 0.0433. The molecule has 6 heteroatoms. The van der Waals surface area contributed by atoms with Gasteiger partial charge >= 0.3 is 5.97 Å².